The van der Waals surface area contributed by atoms with Gasteiger partial charge in [-0.05, 0) is 78.1 Å². The number of hydrogen-bond acceptors (Lipinski definition) is 3. The molecule has 4 unspecified atom stereocenters. The maximum atomic E-state index is 12.5. The van der Waals surface area contributed by atoms with Crippen LogP contribution in [0.15, 0.2) is 27.6 Å². The Kier molecular flexibility index (Phi) is 4.05. The van der Waals surface area contributed by atoms with Gasteiger partial charge in [0.1, 0.15) is 0 Å². The predicted octanol–water partition coefficient (Wildman–Crippen LogP) is 3.13. The summed E-state index contributed by atoms with van der Waals surface area (Å²) in [7, 11) is -3.49. The standard InChI is InChI=1S/C15H21BrN2O2S/c1-9(13-7-10-2-3-11(13)6-10)18-21(19,20)12-4-5-15(17)14(16)8-12/h4-5,8-11,13,18H,2-3,6-7,17H2,1H3. The fourth-order valence-electron chi connectivity index (χ4n) is 3.98. The van der Waals surface area contributed by atoms with E-state index in [1.807, 2.05) is 6.92 Å². The van der Waals surface area contributed by atoms with Gasteiger partial charge in [-0.25, -0.2) is 13.1 Å². The van der Waals surface area contributed by atoms with E-state index in [-0.39, 0.29) is 10.9 Å². The predicted molar refractivity (Wildman–Crippen MR) is 87.3 cm³/mol. The van der Waals surface area contributed by atoms with E-state index in [1.54, 1.807) is 18.2 Å². The largest absolute Gasteiger partial charge is 0.398 e. The van der Waals surface area contributed by atoms with Crippen LogP contribution in [-0.2, 0) is 10.0 Å². The van der Waals surface area contributed by atoms with Crippen molar-refractivity contribution in [2.75, 3.05) is 5.73 Å². The van der Waals surface area contributed by atoms with Crippen molar-refractivity contribution in [1.29, 1.82) is 0 Å². The highest BCUT2D eigenvalue weighted by Gasteiger charge is 2.42. The molecule has 2 aliphatic carbocycles. The van der Waals surface area contributed by atoms with Gasteiger partial charge >= 0.3 is 0 Å². The van der Waals surface area contributed by atoms with Gasteiger partial charge in [0.05, 0.1) is 4.90 Å². The van der Waals surface area contributed by atoms with Crippen LogP contribution in [0.5, 0.6) is 0 Å². The Bertz CT molecular complexity index is 647. The summed E-state index contributed by atoms with van der Waals surface area (Å²) in [5.41, 5.74) is 6.25. The zero-order valence-electron chi connectivity index (χ0n) is 12.0. The van der Waals surface area contributed by atoms with E-state index in [1.165, 1.54) is 25.7 Å². The van der Waals surface area contributed by atoms with E-state index < -0.39 is 10.0 Å². The van der Waals surface area contributed by atoms with Crippen LogP contribution in [-0.4, -0.2) is 14.5 Å². The monoisotopic (exact) mass is 372 g/mol. The fraction of sp³-hybridized carbons (Fsp3) is 0.600. The number of hydrogen-bond donors (Lipinski definition) is 2. The fourth-order valence-corrected chi connectivity index (χ4v) is 5.83. The maximum Gasteiger partial charge on any atom is 0.240 e. The second kappa shape index (κ2) is 5.56. The third kappa shape index (κ3) is 2.98. The molecule has 0 aromatic heterocycles. The van der Waals surface area contributed by atoms with Crippen molar-refractivity contribution in [3.05, 3.63) is 22.7 Å². The van der Waals surface area contributed by atoms with Gasteiger partial charge in [0.15, 0.2) is 0 Å². The van der Waals surface area contributed by atoms with Crippen molar-refractivity contribution in [2.24, 2.45) is 17.8 Å². The Morgan fingerprint density at radius 2 is 2.10 bits per heavy atom. The summed E-state index contributed by atoms with van der Waals surface area (Å²) in [5, 5.41) is 0. The Morgan fingerprint density at radius 1 is 1.33 bits per heavy atom. The number of nitrogens with two attached hydrogens (primary N) is 1. The van der Waals surface area contributed by atoms with Crippen LogP contribution in [0.2, 0.25) is 0 Å². The molecule has 2 bridgehead atoms. The molecular weight excluding hydrogens is 352 g/mol. The number of nitrogen functional groups attached to an aromatic ring is 1. The Hall–Kier alpha value is -0.590. The molecule has 116 valence electrons. The van der Waals surface area contributed by atoms with Gasteiger partial charge in [-0.1, -0.05) is 6.42 Å². The van der Waals surface area contributed by atoms with Crippen molar-refractivity contribution in [2.45, 2.75) is 43.5 Å². The lowest BCUT2D eigenvalue weighted by Gasteiger charge is -2.28. The summed E-state index contributed by atoms with van der Waals surface area (Å²) in [5.74, 6) is 2.00. The van der Waals surface area contributed by atoms with Gasteiger partial charge in [-0.2, -0.15) is 0 Å². The number of sulfonamides is 1. The number of fused-ring (bicyclic) bond motifs is 2. The molecule has 1 aromatic rings. The van der Waals surface area contributed by atoms with E-state index in [0.717, 1.165) is 5.92 Å². The Balaban J connectivity index is 1.75. The van der Waals surface area contributed by atoms with Crippen LogP contribution in [0.4, 0.5) is 5.69 Å². The Morgan fingerprint density at radius 3 is 2.67 bits per heavy atom. The lowest BCUT2D eigenvalue weighted by Crippen LogP contribution is -2.40. The first-order valence-corrected chi connectivity index (χ1v) is 9.72. The highest BCUT2D eigenvalue weighted by atomic mass is 79.9. The molecule has 0 amide bonds. The number of rotatable bonds is 4. The zero-order chi connectivity index (χ0) is 15.2. The van der Waals surface area contributed by atoms with Gasteiger partial charge in [-0.3, -0.25) is 0 Å². The summed E-state index contributed by atoms with van der Waals surface area (Å²) in [6.07, 6.45) is 5.03. The minimum atomic E-state index is -3.49. The molecule has 21 heavy (non-hydrogen) atoms. The van der Waals surface area contributed by atoms with E-state index in [0.29, 0.717) is 22.0 Å². The third-order valence-corrected chi connectivity index (χ3v) is 7.30. The smallest absolute Gasteiger partial charge is 0.240 e. The van der Waals surface area contributed by atoms with Crippen LogP contribution in [0.3, 0.4) is 0 Å². The lowest BCUT2D eigenvalue weighted by molar-refractivity contribution is 0.280. The topological polar surface area (TPSA) is 72.2 Å². The first kappa shape index (κ1) is 15.3. The highest BCUT2D eigenvalue weighted by molar-refractivity contribution is 9.10. The second-order valence-electron chi connectivity index (χ2n) is 6.43. The summed E-state index contributed by atoms with van der Waals surface area (Å²) < 4.78 is 28.5. The molecule has 0 saturated heterocycles. The molecule has 6 heteroatoms. The van der Waals surface area contributed by atoms with Gasteiger partial charge in [0.25, 0.3) is 0 Å². The van der Waals surface area contributed by atoms with Crippen molar-refractivity contribution < 1.29 is 8.42 Å². The van der Waals surface area contributed by atoms with Crippen LogP contribution in [0.25, 0.3) is 0 Å². The van der Waals surface area contributed by atoms with Crippen LogP contribution < -0.4 is 10.5 Å². The van der Waals surface area contributed by atoms with Crippen LogP contribution in [0.1, 0.15) is 32.6 Å². The number of anilines is 1. The van der Waals surface area contributed by atoms with E-state index in [9.17, 15) is 8.42 Å². The quantitative estimate of drug-likeness (QED) is 0.797. The zero-order valence-corrected chi connectivity index (χ0v) is 14.5. The molecule has 0 aliphatic heterocycles. The molecule has 1 aromatic carbocycles. The number of benzene rings is 1. The molecule has 3 rings (SSSR count). The van der Waals surface area contributed by atoms with Gasteiger partial charge in [-0.15, -0.1) is 0 Å². The molecule has 2 aliphatic rings. The summed E-state index contributed by atoms with van der Waals surface area (Å²) in [6, 6.07) is 4.71. The average Bonchev–Trinajstić information content (AvgIpc) is 3.03. The Labute approximate surface area is 134 Å². The molecule has 2 fully saturated rings. The van der Waals surface area contributed by atoms with Crippen molar-refractivity contribution >= 4 is 31.6 Å². The van der Waals surface area contributed by atoms with Crippen LogP contribution in [0, 0.1) is 17.8 Å². The molecule has 4 atom stereocenters. The van der Waals surface area contributed by atoms with Gasteiger partial charge < -0.3 is 5.73 Å². The average molecular weight is 373 g/mol. The minimum Gasteiger partial charge on any atom is -0.398 e. The highest BCUT2D eigenvalue weighted by Crippen LogP contribution is 2.49. The number of nitrogens with one attached hydrogen (secondary N) is 1. The van der Waals surface area contributed by atoms with E-state index in [4.69, 9.17) is 5.73 Å². The van der Waals surface area contributed by atoms with E-state index >= 15 is 0 Å². The summed E-state index contributed by atoms with van der Waals surface area (Å²) in [4.78, 5) is 0.263. The first-order valence-electron chi connectivity index (χ1n) is 7.44. The first-order chi connectivity index (χ1) is 9.87. The third-order valence-electron chi connectivity index (χ3n) is 5.06. The van der Waals surface area contributed by atoms with Gasteiger partial charge in [0.2, 0.25) is 10.0 Å². The normalized spacial score (nSPS) is 29.7. The molecule has 0 heterocycles. The summed E-state index contributed by atoms with van der Waals surface area (Å²) >= 11 is 3.28. The molecular formula is C15H21BrN2O2S. The minimum absolute atomic E-state index is 0.0124. The SMILES string of the molecule is CC(NS(=O)(=O)c1ccc(N)c(Br)c1)C1CC2CCC1C2. The van der Waals surface area contributed by atoms with Crippen molar-refractivity contribution in [3.63, 3.8) is 0 Å². The van der Waals surface area contributed by atoms with Gasteiger partial charge in [0, 0.05) is 16.2 Å². The van der Waals surface area contributed by atoms with Crippen LogP contribution >= 0.6 is 15.9 Å². The molecule has 2 saturated carbocycles. The molecule has 3 N–H and O–H groups in total. The van der Waals surface area contributed by atoms with Crippen molar-refractivity contribution in [3.8, 4) is 0 Å². The van der Waals surface area contributed by atoms with E-state index in [2.05, 4.69) is 20.7 Å². The molecule has 0 radical (unpaired) electrons. The molecule has 4 nitrogen and oxygen atoms in total. The lowest BCUT2D eigenvalue weighted by atomic mass is 9.84. The van der Waals surface area contributed by atoms with Crippen molar-refractivity contribution in [1.82, 2.24) is 4.72 Å². The summed E-state index contributed by atoms with van der Waals surface area (Å²) in [6.45, 7) is 2.00. The second-order valence-corrected chi connectivity index (χ2v) is 9.00. The maximum absolute atomic E-state index is 12.5. The number of halogens is 1. The molecule has 0 spiro atoms.